The number of halogens is 3. The van der Waals surface area contributed by atoms with Crippen molar-refractivity contribution in [3.63, 3.8) is 0 Å². The van der Waals surface area contributed by atoms with Crippen molar-refractivity contribution in [1.29, 1.82) is 0 Å². The lowest BCUT2D eigenvalue weighted by atomic mass is 10.0. The summed E-state index contributed by atoms with van der Waals surface area (Å²) in [5.41, 5.74) is 1.92. The van der Waals surface area contributed by atoms with E-state index in [4.69, 9.17) is 34.8 Å². The molecule has 2 aromatic carbocycles. The van der Waals surface area contributed by atoms with Gasteiger partial charge in [0.2, 0.25) is 5.91 Å². The quantitative estimate of drug-likeness (QED) is 0.298. The number of carbonyl (C=O) groups is 2. The van der Waals surface area contributed by atoms with Gasteiger partial charge >= 0.3 is 0 Å². The van der Waals surface area contributed by atoms with Gasteiger partial charge in [-0.2, -0.15) is 0 Å². The Bertz CT molecular complexity index is 1230. The van der Waals surface area contributed by atoms with Crippen LogP contribution in [0.15, 0.2) is 41.6 Å². The molecule has 2 N–H and O–H groups in total. The highest BCUT2D eigenvalue weighted by Gasteiger charge is 2.27. The van der Waals surface area contributed by atoms with Gasteiger partial charge in [0, 0.05) is 22.3 Å². The molecule has 1 atom stereocenters. The van der Waals surface area contributed by atoms with Crippen LogP contribution in [0, 0.1) is 12.8 Å². The van der Waals surface area contributed by atoms with Gasteiger partial charge in [0.15, 0.2) is 11.0 Å². The lowest BCUT2D eigenvalue weighted by Gasteiger charge is -2.22. The highest BCUT2D eigenvalue weighted by atomic mass is 35.5. The van der Waals surface area contributed by atoms with Gasteiger partial charge in [-0.25, -0.2) is 0 Å². The number of nitrogens with one attached hydrogen (secondary N) is 2. The minimum atomic E-state index is -0.418. The molecule has 0 saturated heterocycles. The van der Waals surface area contributed by atoms with Crippen LogP contribution in [0.5, 0.6) is 0 Å². The van der Waals surface area contributed by atoms with Gasteiger partial charge in [0.25, 0.3) is 5.91 Å². The van der Waals surface area contributed by atoms with Gasteiger partial charge in [0.05, 0.1) is 22.4 Å². The maximum absolute atomic E-state index is 12.9. The van der Waals surface area contributed by atoms with Gasteiger partial charge in [-0.15, -0.1) is 10.2 Å². The molecule has 1 aromatic heterocycles. The van der Waals surface area contributed by atoms with Crippen molar-refractivity contribution in [2.24, 2.45) is 5.92 Å². The molecule has 0 spiro atoms. The Balaban J connectivity index is 1.74. The zero-order valence-electron chi connectivity index (χ0n) is 19.7. The van der Waals surface area contributed by atoms with E-state index in [1.807, 2.05) is 38.3 Å². The van der Waals surface area contributed by atoms with Crippen LogP contribution >= 0.6 is 46.6 Å². The van der Waals surface area contributed by atoms with Crippen molar-refractivity contribution in [3.05, 3.63) is 68.4 Å². The number of benzene rings is 2. The number of nitrogens with zero attached hydrogens (tertiary/aromatic N) is 3. The van der Waals surface area contributed by atoms with E-state index in [9.17, 15) is 9.59 Å². The van der Waals surface area contributed by atoms with Crippen molar-refractivity contribution in [1.82, 2.24) is 20.1 Å². The third-order valence-corrected chi connectivity index (χ3v) is 7.02. The van der Waals surface area contributed by atoms with Crippen molar-refractivity contribution < 1.29 is 9.59 Å². The molecule has 0 aliphatic carbocycles. The van der Waals surface area contributed by atoms with E-state index >= 15 is 0 Å². The van der Waals surface area contributed by atoms with Gasteiger partial charge in [-0.05, 0) is 55.7 Å². The summed E-state index contributed by atoms with van der Waals surface area (Å²) in [7, 11) is 0. The standard InChI is InChI=1S/C24H26Cl3N5O2S/c1-5-32-22(21(13(2)3)29-23(34)17-9-8-15(25)10-18(17)27)30-31-24(32)35-12-20(33)28-19-11-16(26)7-6-14(19)4/h6-11,13,21H,5,12H2,1-4H3,(H,28,33)(H,29,34)/t21-/m0/s1. The molecule has 11 heteroatoms. The summed E-state index contributed by atoms with van der Waals surface area (Å²) in [5, 5.41) is 16.4. The number of thioether (sulfide) groups is 1. The predicted molar refractivity (Wildman–Crippen MR) is 143 cm³/mol. The molecule has 186 valence electrons. The molecular formula is C24H26Cl3N5O2S. The highest BCUT2D eigenvalue weighted by molar-refractivity contribution is 7.99. The van der Waals surface area contributed by atoms with Gasteiger partial charge < -0.3 is 15.2 Å². The molecule has 2 amide bonds. The molecule has 1 heterocycles. The summed E-state index contributed by atoms with van der Waals surface area (Å²) in [6, 6.07) is 9.66. The van der Waals surface area contributed by atoms with Crippen LogP contribution < -0.4 is 10.6 Å². The Labute approximate surface area is 223 Å². The van der Waals surface area contributed by atoms with E-state index in [0.717, 1.165) is 5.56 Å². The number of hydrogen-bond acceptors (Lipinski definition) is 5. The van der Waals surface area contributed by atoms with E-state index in [1.54, 1.807) is 24.3 Å². The maximum Gasteiger partial charge on any atom is 0.253 e. The predicted octanol–water partition coefficient (Wildman–Crippen LogP) is 6.42. The summed E-state index contributed by atoms with van der Waals surface area (Å²) in [4.78, 5) is 25.5. The second kappa shape index (κ2) is 12.1. The average Bonchev–Trinajstić information content (AvgIpc) is 3.20. The minimum Gasteiger partial charge on any atom is -0.342 e. The SMILES string of the molecule is CCn1c(SCC(=O)Nc2cc(Cl)ccc2C)nnc1[C@@H](NC(=O)c1ccc(Cl)cc1Cl)C(C)C. The van der Waals surface area contributed by atoms with Crippen LogP contribution in [0.4, 0.5) is 5.69 Å². The second-order valence-electron chi connectivity index (χ2n) is 8.20. The monoisotopic (exact) mass is 553 g/mol. The Morgan fingerprint density at radius 1 is 1.06 bits per heavy atom. The lowest BCUT2D eigenvalue weighted by Crippen LogP contribution is -2.34. The summed E-state index contributed by atoms with van der Waals surface area (Å²) in [6.45, 7) is 8.39. The Hall–Kier alpha value is -2.26. The summed E-state index contributed by atoms with van der Waals surface area (Å²) in [5.74, 6) is 0.254. The van der Waals surface area contributed by atoms with Crippen LogP contribution in [0.3, 0.4) is 0 Å². The van der Waals surface area contributed by atoms with Crippen LogP contribution in [-0.2, 0) is 11.3 Å². The number of rotatable bonds is 9. The molecule has 3 rings (SSSR count). The first kappa shape index (κ1) is 27.3. The fourth-order valence-corrected chi connectivity index (χ4v) is 4.88. The average molecular weight is 555 g/mol. The fourth-order valence-electron chi connectivity index (χ4n) is 3.40. The lowest BCUT2D eigenvalue weighted by molar-refractivity contribution is -0.113. The molecule has 0 aliphatic rings. The van der Waals surface area contributed by atoms with Crippen molar-refractivity contribution >= 4 is 64.1 Å². The smallest absolute Gasteiger partial charge is 0.253 e. The van der Waals surface area contributed by atoms with E-state index in [-0.39, 0.29) is 28.5 Å². The summed E-state index contributed by atoms with van der Waals surface area (Å²) < 4.78 is 1.90. The van der Waals surface area contributed by atoms with Crippen LogP contribution in [0.2, 0.25) is 15.1 Å². The molecule has 0 aliphatic heterocycles. The largest absolute Gasteiger partial charge is 0.342 e. The zero-order chi connectivity index (χ0) is 25.7. The first-order valence-corrected chi connectivity index (χ1v) is 13.1. The van der Waals surface area contributed by atoms with E-state index in [1.165, 1.54) is 17.8 Å². The first-order valence-electron chi connectivity index (χ1n) is 11.0. The number of anilines is 1. The van der Waals surface area contributed by atoms with Crippen molar-refractivity contribution in [2.75, 3.05) is 11.1 Å². The molecule has 0 saturated carbocycles. The number of aromatic nitrogens is 3. The molecule has 0 bridgehead atoms. The maximum atomic E-state index is 12.9. The van der Waals surface area contributed by atoms with Crippen LogP contribution in [-0.4, -0.2) is 32.3 Å². The topological polar surface area (TPSA) is 88.9 Å². The highest BCUT2D eigenvalue weighted by Crippen LogP contribution is 2.27. The number of amides is 2. The molecule has 35 heavy (non-hydrogen) atoms. The van der Waals surface area contributed by atoms with Crippen LogP contribution in [0.1, 0.15) is 48.6 Å². The van der Waals surface area contributed by atoms with E-state index in [0.29, 0.717) is 38.8 Å². The van der Waals surface area contributed by atoms with E-state index in [2.05, 4.69) is 20.8 Å². The Morgan fingerprint density at radius 2 is 1.74 bits per heavy atom. The number of carbonyl (C=O) groups excluding carboxylic acids is 2. The fraction of sp³-hybridized carbons (Fsp3) is 0.333. The van der Waals surface area contributed by atoms with Gasteiger partial charge in [-0.1, -0.05) is 66.5 Å². The number of hydrogen-bond donors (Lipinski definition) is 2. The first-order chi connectivity index (χ1) is 16.6. The minimum absolute atomic E-state index is 0.0199. The third-order valence-electron chi connectivity index (χ3n) is 5.27. The van der Waals surface area contributed by atoms with Gasteiger partial charge in [0.1, 0.15) is 0 Å². The molecule has 3 aromatic rings. The number of aryl methyl sites for hydroxylation is 1. The second-order valence-corrected chi connectivity index (χ2v) is 10.4. The van der Waals surface area contributed by atoms with Crippen molar-refractivity contribution in [3.8, 4) is 0 Å². The Morgan fingerprint density at radius 3 is 2.40 bits per heavy atom. The van der Waals surface area contributed by atoms with Crippen LogP contribution in [0.25, 0.3) is 0 Å². The molecule has 0 radical (unpaired) electrons. The molecule has 0 unspecified atom stereocenters. The normalized spacial score (nSPS) is 12.0. The Kier molecular flexibility index (Phi) is 9.47. The van der Waals surface area contributed by atoms with Crippen molar-refractivity contribution in [2.45, 2.75) is 45.4 Å². The van der Waals surface area contributed by atoms with E-state index < -0.39 is 6.04 Å². The molecular weight excluding hydrogens is 529 g/mol. The molecule has 7 nitrogen and oxygen atoms in total. The molecule has 0 fully saturated rings. The van der Waals surface area contributed by atoms with Gasteiger partial charge in [-0.3, -0.25) is 9.59 Å². The zero-order valence-corrected chi connectivity index (χ0v) is 22.8. The third kappa shape index (κ3) is 6.91. The summed E-state index contributed by atoms with van der Waals surface area (Å²) in [6.07, 6.45) is 0. The summed E-state index contributed by atoms with van der Waals surface area (Å²) >= 11 is 19.5.